The lowest BCUT2D eigenvalue weighted by Gasteiger charge is -1.93. The molecule has 4 heteroatoms. The summed E-state index contributed by atoms with van der Waals surface area (Å²) in [5.41, 5.74) is 0. The molecule has 0 aromatic rings. The van der Waals surface area contributed by atoms with Crippen LogP contribution in [0.3, 0.4) is 0 Å². The minimum Gasteiger partial charge on any atom is -0.464 e. The summed E-state index contributed by atoms with van der Waals surface area (Å²) >= 11 is 0. The number of carbonyl (C=O) groups is 1. The molecule has 0 spiro atoms. The van der Waals surface area contributed by atoms with E-state index in [9.17, 15) is 4.79 Å². The van der Waals surface area contributed by atoms with Crippen molar-refractivity contribution in [3.63, 3.8) is 0 Å². The number of hydrogen-bond donors (Lipinski definition) is 1. The van der Waals surface area contributed by atoms with Gasteiger partial charge in [0.1, 0.15) is 6.61 Å². The number of aliphatic hydroxyl groups is 1. The predicted octanol–water partition coefficient (Wildman–Crippen LogP) is 0.585. The van der Waals surface area contributed by atoms with Gasteiger partial charge in [-0.2, -0.15) is 0 Å². The van der Waals surface area contributed by atoms with Crippen LogP contribution in [0.2, 0.25) is 0 Å². The average molecular weight is 178 g/mol. The monoisotopic (exact) mass is 178 g/mol. The number of aliphatic hydroxyl groups excluding tert-OH is 1. The molecule has 0 rings (SSSR count). The van der Waals surface area contributed by atoms with E-state index in [2.05, 4.69) is 4.74 Å². The Morgan fingerprint density at radius 3 is 1.75 bits per heavy atom. The molecule has 0 aromatic carbocycles. The van der Waals surface area contributed by atoms with Crippen LogP contribution in [0.15, 0.2) is 0 Å². The second kappa shape index (κ2) is 13.0. The van der Waals surface area contributed by atoms with Crippen LogP contribution >= 0.6 is 0 Å². The van der Waals surface area contributed by atoms with Gasteiger partial charge < -0.3 is 14.6 Å². The van der Waals surface area contributed by atoms with Gasteiger partial charge in [-0.25, -0.2) is 4.79 Å². The van der Waals surface area contributed by atoms with E-state index < -0.39 is 12.6 Å². The highest BCUT2D eigenvalue weighted by molar-refractivity contribution is 5.70. The highest BCUT2D eigenvalue weighted by Gasteiger charge is 1.92. The molecule has 0 aliphatic carbocycles. The van der Waals surface area contributed by atoms with Crippen LogP contribution in [0, 0.1) is 0 Å². The number of rotatable bonds is 4. The summed E-state index contributed by atoms with van der Waals surface area (Å²) in [4.78, 5) is 9.94. The van der Waals surface area contributed by atoms with Crippen molar-refractivity contribution in [2.45, 2.75) is 20.8 Å². The summed E-state index contributed by atoms with van der Waals surface area (Å²) in [5.74, 6) is -0.567. The molecule has 0 atom stereocenters. The number of ether oxygens (including phenoxy) is 2. The molecule has 1 N–H and O–H groups in total. The Morgan fingerprint density at radius 1 is 1.17 bits per heavy atom. The van der Waals surface area contributed by atoms with E-state index in [1.165, 1.54) is 0 Å². The molecule has 0 heterocycles. The summed E-state index contributed by atoms with van der Waals surface area (Å²) in [6, 6.07) is 0. The Balaban J connectivity index is 0. The summed E-state index contributed by atoms with van der Waals surface area (Å²) < 4.78 is 9.14. The molecular formula is C8H18O4. The molecular weight excluding hydrogens is 160 g/mol. The fourth-order valence-electron chi connectivity index (χ4n) is 0.411. The normalized spacial score (nSPS) is 8.33. The quantitative estimate of drug-likeness (QED) is 0.640. The van der Waals surface area contributed by atoms with Crippen LogP contribution in [0.4, 0.5) is 0 Å². The zero-order valence-corrected chi connectivity index (χ0v) is 8.00. The predicted molar refractivity (Wildman–Crippen MR) is 45.9 cm³/mol. The summed E-state index contributed by atoms with van der Waals surface area (Å²) in [7, 11) is 0. The zero-order valence-electron chi connectivity index (χ0n) is 8.00. The van der Waals surface area contributed by atoms with E-state index in [1.54, 1.807) is 6.92 Å². The Kier molecular flexibility index (Phi) is 15.1. The average Bonchev–Trinajstić information content (AvgIpc) is 2.07. The first kappa shape index (κ1) is 13.9. The van der Waals surface area contributed by atoms with Gasteiger partial charge in [0.2, 0.25) is 0 Å². The largest absolute Gasteiger partial charge is 0.464 e. The summed E-state index contributed by atoms with van der Waals surface area (Å²) in [6.07, 6.45) is 0. The molecule has 0 aromatic heterocycles. The Labute approximate surface area is 73.5 Å². The molecule has 12 heavy (non-hydrogen) atoms. The van der Waals surface area contributed by atoms with Gasteiger partial charge in [0.25, 0.3) is 0 Å². The van der Waals surface area contributed by atoms with Gasteiger partial charge in [-0.3, -0.25) is 0 Å². The first-order valence-electron chi connectivity index (χ1n) is 4.07. The van der Waals surface area contributed by atoms with Gasteiger partial charge in [-0.1, -0.05) is 0 Å². The van der Waals surface area contributed by atoms with Crippen molar-refractivity contribution in [3.05, 3.63) is 0 Å². The van der Waals surface area contributed by atoms with E-state index in [0.717, 1.165) is 13.2 Å². The highest BCUT2D eigenvalue weighted by atomic mass is 16.5. The molecule has 0 fully saturated rings. The third-order valence-corrected chi connectivity index (χ3v) is 0.843. The van der Waals surface area contributed by atoms with E-state index in [0.29, 0.717) is 6.61 Å². The highest BCUT2D eigenvalue weighted by Crippen LogP contribution is 1.71. The van der Waals surface area contributed by atoms with Crippen molar-refractivity contribution in [1.82, 2.24) is 0 Å². The smallest absolute Gasteiger partial charge is 0.331 e. The summed E-state index contributed by atoms with van der Waals surface area (Å²) in [6.45, 7) is 7.17. The SMILES string of the molecule is CCOC(=O)CO.CCOCC. The molecule has 74 valence electrons. The van der Waals surface area contributed by atoms with Crippen LogP contribution in [0.25, 0.3) is 0 Å². The molecule has 0 radical (unpaired) electrons. The second-order valence-corrected chi connectivity index (χ2v) is 1.74. The molecule has 0 unspecified atom stereocenters. The van der Waals surface area contributed by atoms with Crippen LogP contribution < -0.4 is 0 Å². The van der Waals surface area contributed by atoms with Crippen molar-refractivity contribution < 1.29 is 19.4 Å². The maximum absolute atomic E-state index is 9.94. The third kappa shape index (κ3) is 16.2. The Morgan fingerprint density at radius 2 is 1.67 bits per heavy atom. The van der Waals surface area contributed by atoms with Crippen molar-refractivity contribution in [2.24, 2.45) is 0 Å². The van der Waals surface area contributed by atoms with Crippen LogP contribution in [0.5, 0.6) is 0 Å². The fourth-order valence-corrected chi connectivity index (χ4v) is 0.411. The van der Waals surface area contributed by atoms with Crippen molar-refractivity contribution in [3.8, 4) is 0 Å². The molecule has 0 saturated carbocycles. The molecule has 0 amide bonds. The first-order chi connectivity index (χ1) is 5.72. The van der Waals surface area contributed by atoms with Gasteiger partial charge in [-0.15, -0.1) is 0 Å². The lowest BCUT2D eigenvalue weighted by atomic mass is 10.7. The van der Waals surface area contributed by atoms with Crippen molar-refractivity contribution >= 4 is 5.97 Å². The Bertz CT molecular complexity index is 91.1. The fraction of sp³-hybridized carbons (Fsp3) is 0.875. The lowest BCUT2D eigenvalue weighted by molar-refractivity contribution is -0.146. The number of esters is 1. The minimum atomic E-state index is -0.567. The number of carbonyl (C=O) groups excluding carboxylic acids is 1. The van der Waals surface area contributed by atoms with E-state index in [4.69, 9.17) is 9.84 Å². The third-order valence-electron chi connectivity index (χ3n) is 0.843. The number of hydrogen-bond acceptors (Lipinski definition) is 4. The van der Waals surface area contributed by atoms with Crippen LogP contribution in [-0.4, -0.2) is 37.5 Å². The van der Waals surface area contributed by atoms with Gasteiger partial charge in [-0.05, 0) is 20.8 Å². The second-order valence-electron chi connectivity index (χ2n) is 1.74. The van der Waals surface area contributed by atoms with Crippen molar-refractivity contribution in [1.29, 1.82) is 0 Å². The Hall–Kier alpha value is -0.610. The van der Waals surface area contributed by atoms with Crippen LogP contribution in [0.1, 0.15) is 20.8 Å². The van der Waals surface area contributed by atoms with Gasteiger partial charge in [0.15, 0.2) is 0 Å². The lowest BCUT2D eigenvalue weighted by Crippen LogP contribution is -2.07. The van der Waals surface area contributed by atoms with Gasteiger partial charge in [0.05, 0.1) is 6.61 Å². The van der Waals surface area contributed by atoms with Gasteiger partial charge >= 0.3 is 5.97 Å². The molecule has 0 aliphatic heterocycles. The van der Waals surface area contributed by atoms with Crippen LogP contribution in [-0.2, 0) is 14.3 Å². The van der Waals surface area contributed by atoms with E-state index in [1.807, 2.05) is 13.8 Å². The standard InChI is InChI=1S/C4H8O3.C4H10O/c1-2-7-4(6)3-5;1-3-5-4-2/h5H,2-3H2,1H3;3-4H2,1-2H3. The minimum absolute atomic E-state index is 0.333. The van der Waals surface area contributed by atoms with Crippen molar-refractivity contribution in [2.75, 3.05) is 26.4 Å². The molecule has 0 saturated heterocycles. The topological polar surface area (TPSA) is 55.8 Å². The van der Waals surface area contributed by atoms with E-state index >= 15 is 0 Å². The maximum Gasteiger partial charge on any atom is 0.331 e. The molecule has 0 bridgehead atoms. The first-order valence-corrected chi connectivity index (χ1v) is 4.07. The van der Waals surface area contributed by atoms with Gasteiger partial charge in [0, 0.05) is 13.2 Å². The zero-order chi connectivity index (χ0) is 9.82. The molecule has 0 aliphatic rings. The molecule has 4 nitrogen and oxygen atoms in total. The maximum atomic E-state index is 9.94. The summed E-state index contributed by atoms with van der Waals surface area (Å²) in [5, 5.41) is 7.99. The van der Waals surface area contributed by atoms with E-state index in [-0.39, 0.29) is 0 Å².